The maximum atomic E-state index is 12.0. The average molecular weight is 208 g/mol. The van der Waals surface area contributed by atoms with E-state index in [2.05, 4.69) is 5.32 Å². The first-order valence-corrected chi connectivity index (χ1v) is 4.58. The second kappa shape index (κ2) is 5.09. The molecule has 1 heterocycles. The predicted octanol–water partition coefficient (Wildman–Crippen LogP) is 0.984. The van der Waals surface area contributed by atoms with Crippen LogP contribution in [0.3, 0.4) is 0 Å². The zero-order valence-electron chi connectivity index (χ0n) is 7.75. The Bertz CT molecular complexity index is 202. The molecule has 0 aromatic carbocycles. The summed E-state index contributed by atoms with van der Waals surface area (Å²) in [6.07, 6.45) is -1.95. The van der Waals surface area contributed by atoms with Gasteiger partial charge in [-0.2, -0.15) is 0 Å². The molecule has 1 aliphatic rings. The number of nitrogens with zero attached hydrogens (tertiary/aromatic N) is 1. The van der Waals surface area contributed by atoms with E-state index >= 15 is 0 Å². The van der Waals surface area contributed by atoms with Crippen LogP contribution in [0.4, 0.5) is 13.6 Å². The highest BCUT2D eigenvalue weighted by Crippen LogP contribution is 2.11. The molecule has 0 aliphatic carbocycles. The van der Waals surface area contributed by atoms with Gasteiger partial charge in [-0.25, -0.2) is 13.6 Å². The van der Waals surface area contributed by atoms with Crippen LogP contribution in [-0.4, -0.2) is 48.2 Å². The van der Waals surface area contributed by atoms with E-state index in [1.54, 1.807) is 4.90 Å². The Morgan fingerprint density at radius 2 is 2.36 bits per heavy atom. The van der Waals surface area contributed by atoms with Crippen LogP contribution >= 0.6 is 0 Å². The summed E-state index contributed by atoms with van der Waals surface area (Å²) in [5, 5.41) is 10.8. The van der Waals surface area contributed by atoms with E-state index in [0.717, 1.165) is 12.8 Å². The Kier molecular flexibility index (Phi) is 4.06. The number of hydrogen-bond acceptors (Lipinski definition) is 2. The molecule has 1 fully saturated rings. The van der Waals surface area contributed by atoms with Gasteiger partial charge in [-0.1, -0.05) is 0 Å². The molecular formula is C8H14F2N2O2. The molecule has 2 N–H and O–H groups in total. The fraction of sp³-hybridized carbons (Fsp3) is 0.875. The molecule has 14 heavy (non-hydrogen) atoms. The molecule has 4 nitrogen and oxygen atoms in total. The van der Waals surface area contributed by atoms with Crippen molar-refractivity contribution in [3.8, 4) is 0 Å². The van der Waals surface area contributed by atoms with Gasteiger partial charge in [0.25, 0.3) is 6.43 Å². The highest BCUT2D eigenvalue weighted by Gasteiger charge is 2.22. The van der Waals surface area contributed by atoms with Gasteiger partial charge in [-0.15, -0.1) is 0 Å². The second-order valence-electron chi connectivity index (χ2n) is 3.44. The Hall–Kier alpha value is -0.910. The summed E-state index contributed by atoms with van der Waals surface area (Å²) in [5.41, 5.74) is 0. The van der Waals surface area contributed by atoms with Crippen LogP contribution in [-0.2, 0) is 0 Å². The van der Waals surface area contributed by atoms with Crippen molar-refractivity contribution in [2.75, 3.05) is 19.6 Å². The quantitative estimate of drug-likeness (QED) is 0.727. The first-order valence-electron chi connectivity index (χ1n) is 4.58. The molecule has 0 aromatic rings. The Balaban J connectivity index is 2.32. The summed E-state index contributed by atoms with van der Waals surface area (Å²) in [4.78, 5) is 11.9. The lowest BCUT2D eigenvalue weighted by molar-refractivity contribution is 0.0706. The topological polar surface area (TPSA) is 52.6 Å². The maximum Gasteiger partial charge on any atom is 0.404 e. The largest absolute Gasteiger partial charge is 0.465 e. The van der Waals surface area contributed by atoms with E-state index in [1.165, 1.54) is 0 Å². The number of alkyl halides is 2. The molecule has 1 atom stereocenters. The van der Waals surface area contributed by atoms with Gasteiger partial charge < -0.3 is 10.4 Å². The number of amides is 1. The number of hydrogen-bond donors (Lipinski definition) is 2. The molecule has 1 aliphatic heterocycles. The third-order valence-corrected chi connectivity index (χ3v) is 2.23. The minimum Gasteiger partial charge on any atom is -0.465 e. The lowest BCUT2D eigenvalue weighted by Crippen LogP contribution is -2.48. The van der Waals surface area contributed by atoms with Crippen LogP contribution in [0, 0.1) is 0 Å². The zero-order chi connectivity index (χ0) is 10.6. The van der Waals surface area contributed by atoms with E-state index in [-0.39, 0.29) is 12.6 Å². The number of rotatable bonds is 3. The third-order valence-electron chi connectivity index (χ3n) is 2.23. The molecule has 0 bridgehead atoms. The van der Waals surface area contributed by atoms with Gasteiger partial charge in [0.1, 0.15) is 0 Å². The van der Waals surface area contributed by atoms with E-state index in [1.807, 2.05) is 0 Å². The standard InChI is InChI=1S/C8H14F2N2O2/c9-7(10)5-12-3-1-2-6(4-12)11-8(13)14/h6-7,11H,1-5H2,(H,13,14)/t6-/m1/s1. The summed E-state index contributed by atoms with van der Waals surface area (Å²) < 4.78 is 24.1. The van der Waals surface area contributed by atoms with Gasteiger partial charge in [0.15, 0.2) is 0 Å². The van der Waals surface area contributed by atoms with Crippen molar-refractivity contribution < 1.29 is 18.7 Å². The molecule has 82 valence electrons. The molecule has 0 spiro atoms. The van der Waals surface area contributed by atoms with Crippen LogP contribution in [0.15, 0.2) is 0 Å². The second-order valence-corrected chi connectivity index (χ2v) is 3.44. The van der Waals surface area contributed by atoms with Gasteiger partial charge in [0.05, 0.1) is 6.54 Å². The highest BCUT2D eigenvalue weighted by atomic mass is 19.3. The number of nitrogens with one attached hydrogen (secondary N) is 1. The average Bonchev–Trinajstić information content (AvgIpc) is 2.01. The first kappa shape index (κ1) is 11.2. The lowest BCUT2D eigenvalue weighted by atomic mass is 10.1. The Labute approximate surface area is 80.9 Å². The third kappa shape index (κ3) is 3.87. The van der Waals surface area contributed by atoms with Crippen LogP contribution < -0.4 is 5.32 Å². The molecule has 0 saturated carbocycles. The maximum absolute atomic E-state index is 12.0. The van der Waals surface area contributed by atoms with E-state index in [0.29, 0.717) is 13.1 Å². The van der Waals surface area contributed by atoms with Crippen molar-refractivity contribution in [1.82, 2.24) is 10.2 Å². The van der Waals surface area contributed by atoms with E-state index < -0.39 is 12.5 Å². The molecule has 1 saturated heterocycles. The minimum atomic E-state index is -2.35. The first-order chi connectivity index (χ1) is 6.58. The molecular weight excluding hydrogens is 194 g/mol. The zero-order valence-corrected chi connectivity index (χ0v) is 7.75. The summed E-state index contributed by atoms with van der Waals surface area (Å²) in [6, 6.07) is -0.208. The number of carbonyl (C=O) groups is 1. The molecule has 1 amide bonds. The molecule has 6 heteroatoms. The van der Waals surface area contributed by atoms with Crippen LogP contribution in [0.1, 0.15) is 12.8 Å². The van der Waals surface area contributed by atoms with Crippen molar-refractivity contribution in [2.24, 2.45) is 0 Å². The van der Waals surface area contributed by atoms with Gasteiger partial charge >= 0.3 is 6.09 Å². The van der Waals surface area contributed by atoms with E-state index in [9.17, 15) is 13.6 Å². The fourth-order valence-electron chi connectivity index (χ4n) is 1.71. The summed E-state index contributed by atoms with van der Waals surface area (Å²) in [7, 11) is 0. The minimum absolute atomic E-state index is 0.208. The molecule has 1 rings (SSSR count). The number of piperidine rings is 1. The fourth-order valence-corrected chi connectivity index (χ4v) is 1.71. The van der Waals surface area contributed by atoms with Gasteiger partial charge in [-0.3, -0.25) is 4.90 Å². The summed E-state index contributed by atoms with van der Waals surface area (Å²) in [6.45, 7) is 0.747. The van der Waals surface area contributed by atoms with Crippen LogP contribution in [0.2, 0.25) is 0 Å². The van der Waals surface area contributed by atoms with Crippen LogP contribution in [0.5, 0.6) is 0 Å². The number of likely N-dealkylation sites (tertiary alicyclic amines) is 1. The molecule has 0 unspecified atom stereocenters. The smallest absolute Gasteiger partial charge is 0.404 e. The van der Waals surface area contributed by atoms with Crippen molar-refractivity contribution >= 4 is 6.09 Å². The highest BCUT2D eigenvalue weighted by molar-refractivity contribution is 5.64. The normalized spacial score (nSPS) is 23.8. The molecule has 0 radical (unpaired) electrons. The van der Waals surface area contributed by atoms with Crippen molar-refractivity contribution in [2.45, 2.75) is 25.3 Å². The van der Waals surface area contributed by atoms with Gasteiger partial charge in [-0.05, 0) is 19.4 Å². The van der Waals surface area contributed by atoms with E-state index in [4.69, 9.17) is 5.11 Å². The molecule has 0 aromatic heterocycles. The monoisotopic (exact) mass is 208 g/mol. The van der Waals surface area contributed by atoms with Gasteiger partial charge in [0, 0.05) is 12.6 Å². The SMILES string of the molecule is O=C(O)N[C@@H]1CCCN(CC(F)F)C1. The number of halogens is 2. The van der Waals surface area contributed by atoms with Crippen LogP contribution in [0.25, 0.3) is 0 Å². The van der Waals surface area contributed by atoms with Crippen molar-refractivity contribution in [1.29, 1.82) is 0 Å². The lowest BCUT2D eigenvalue weighted by Gasteiger charge is -2.32. The number of carboxylic acid groups (broad SMARTS) is 1. The predicted molar refractivity (Wildman–Crippen MR) is 46.6 cm³/mol. The van der Waals surface area contributed by atoms with Crippen molar-refractivity contribution in [3.05, 3.63) is 0 Å². The Morgan fingerprint density at radius 3 is 2.93 bits per heavy atom. The van der Waals surface area contributed by atoms with Gasteiger partial charge in [0.2, 0.25) is 0 Å². The summed E-state index contributed by atoms with van der Waals surface area (Å²) in [5.74, 6) is 0. The summed E-state index contributed by atoms with van der Waals surface area (Å²) >= 11 is 0. The van der Waals surface area contributed by atoms with Crippen molar-refractivity contribution in [3.63, 3.8) is 0 Å². The Morgan fingerprint density at radius 1 is 1.64 bits per heavy atom.